The van der Waals surface area contributed by atoms with E-state index >= 15 is 0 Å². The quantitative estimate of drug-likeness (QED) is 0.455. The van der Waals surface area contributed by atoms with E-state index in [1.165, 1.54) is 47.4 Å². The van der Waals surface area contributed by atoms with Crippen LogP contribution in [-0.2, 0) is 30.9 Å². The van der Waals surface area contributed by atoms with E-state index in [1.54, 1.807) is 19.2 Å². The van der Waals surface area contributed by atoms with Crippen molar-refractivity contribution in [2.75, 3.05) is 20.2 Å². The Morgan fingerprint density at radius 3 is 2.34 bits per heavy atom. The van der Waals surface area contributed by atoms with Crippen LogP contribution < -0.4 is 4.72 Å². The first-order valence-corrected chi connectivity index (χ1v) is 11.0. The molecule has 156 valence electrons. The highest BCUT2D eigenvalue weighted by molar-refractivity contribution is 7.89. The molecule has 1 amide bonds. The molecule has 0 spiro atoms. The summed E-state index contributed by atoms with van der Waals surface area (Å²) < 4.78 is 31.9. The molecule has 0 bridgehead atoms. The van der Waals surface area contributed by atoms with E-state index in [4.69, 9.17) is 16.3 Å². The van der Waals surface area contributed by atoms with Gasteiger partial charge >= 0.3 is 5.97 Å². The van der Waals surface area contributed by atoms with Gasteiger partial charge in [0.2, 0.25) is 10.0 Å². The third kappa shape index (κ3) is 6.93. The van der Waals surface area contributed by atoms with Gasteiger partial charge in [-0.05, 0) is 31.2 Å². The number of hydrogen-bond donors (Lipinski definition) is 1. The smallest absolute Gasteiger partial charge is 0.321 e. The number of thiophene rings is 1. The van der Waals surface area contributed by atoms with Crippen LogP contribution in [0.1, 0.15) is 22.2 Å². The number of benzene rings is 1. The summed E-state index contributed by atoms with van der Waals surface area (Å²) in [7, 11) is -2.41. The molecule has 0 fully saturated rings. The van der Waals surface area contributed by atoms with Crippen molar-refractivity contribution in [3.63, 3.8) is 0 Å². The van der Waals surface area contributed by atoms with Crippen molar-refractivity contribution in [1.29, 1.82) is 0 Å². The summed E-state index contributed by atoms with van der Waals surface area (Å²) in [6.07, 6.45) is 0. The lowest BCUT2D eigenvalue weighted by molar-refractivity contribution is -0.150. The number of carbonyl (C=O) groups is 3. The number of ether oxygens (including phenoxy) is 1. The maximum atomic E-state index is 12.2. The van der Waals surface area contributed by atoms with E-state index in [0.29, 0.717) is 16.4 Å². The van der Waals surface area contributed by atoms with Crippen molar-refractivity contribution in [3.8, 4) is 0 Å². The molecule has 0 aliphatic rings. The van der Waals surface area contributed by atoms with Gasteiger partial charge in [-0.1, -0.05) is 23.7 Å². The number of ketones is 1. The van der Waals surface area contributed by atoms with E-state index in [1.807, 2.05) is 0 Å². The Morgan fingerprint density at radius 2 is 1.79 bits per heavy atom. The molecule has 0 unspecified atom stereocenters. The van der Waals surface area contributed by atoms with Gasteiger partial charge in [0, 0.05) is 17.5 Å². The van der Waals surface area contributed by atoms with E-state index in [2.05, 4.69) is 4.72 Å². The lowest BCUT2D eigenvalue weighted by Crippen LogP contribution is -2.34. The number of likely N-dealkylation sites (N-methyl/N-ethyl adjacent to an activating group) is 1. The normalized spacial score (nSPS) is 11.1. The molecular formula is C18H19ClN2O6S2. The van der Waals surface area contributed by atoms with Crippen LogP contribution in [0.2, 0.25) is 4.34 Å². The number of amides is 1. The molecule has 2 aromatic rings. The largest absolute Gasteiger partial charge is 0.455 e. The third-order valence-electron chi connectivity index (χ3n) is 3.78. The molecule has 0 radical (unpaired) electrons. The van der Waals surface area contributed by atoms with E-state index in [0.717, 1.165) is 4.88 Å². The van der Waals surface area contributed by atoms with Crippen molar-refractivity contribution in [2.24, 2.45) is 0 Å². The fourth-order valence-electron chi connectivity index (χ4n) is 2.17. The SMILES string of the molecule is CC(=O)c1ccc(S(=O)(=O)NCC(=O)OCC(=O)N(C)Cc2ccc(Cl)s2)cc1. The number of nitrogens with zero attached hydrogens (tertiary/aromatic N) is 1. The van der Waals surface area contributed by atoms with Gasteiger partial charge in [0.25, 0.3) is 5.91 Å². The summed E-state index contributed by atoms with van der Waals surface area (Å²) in [5.74, 6) is -1.53. The minimum atomic E-state index is -3.96. The summed E-state index contributed by atoms with van der Waals surface area (Å²) in [5.41, 5.74) is 0.371. The molecular weight excluding hydrogens is 440 g/mol. The number of nitrogens with one attached hydrogen (secondary N) is 1. The number of rotatable bonds is 9. The number of Topliss-reactive ketones (excluding diaryl/α,β-unsaturated/α-hetero) is 1. The lowest BCUT2D eigenvalue weighted by Gasteiger charge is -2.16. The first-order chi connectivity index (χ1) is 13.6. The molecule has 0 aliphatic carbocycles. The maximum Gasteiger partial charge on any atom is 0.321 e. The summed E-state index contributed by atoms with van der Waals surface area (Å²) in [4.78, 5) is 37.2. The molecule has 0 aliphatic heterocycles. The molecule has 0 saturated carbocycles. The number of esters is 1. The topological polar surface area (TPSA) is 110 Å². The fraction of sp³-hybridized carbons (Fsp3) is 0.278. The Hall–Kier alpha value is -2.27. The highest BCUT2D eigenvalue weighted by atomic mass is 35.5. The maximum absolute atomic E-state index is 12.2. The van der Waals surface area contributed by atoms with Gasteiger partial charge in [-0.15, -0.1) is 11.3 Å². The van der Waals surface area contributed by atoms with Gasteiger partial charge < -0.3 is 9.64 Å². The van der Waals surface area contributed by atoms with Crippen molar-refractivity contribution in [3.05, 3.63) is 51.2 Å². The average molecular weight is 459 g/mol. The fourth-order valence-corrected chi connectivity index (χ4v) is 4.28. The Morgan fingerprint density at radius 1 is 1.14 bits per heavy atom. The van der Waals surface area contributed by atoms with Crippen LogP contribution in [0.15, 0.2) is 41.3 Å². The summed E-state index contributed by atoms with van der Waals surface area (Å²) in [6, 6.07) is 8.80. The molecule has 2 rings (SSSR count). The Bertz CT molecular complexity index is 1000. The predicted molar refractivity (Wildman–Crippen MR) is 108 cm³/mol. The number of halogens is 1. The van der Waals surface area contributed by atoms with Crippen LogP contribution in [0.5, 0.6) is 0 Å². The molecule has 29 heavy (non-hydrogen) atoms. The molecule has 1 aromatic heterocycles. The van der Waals surface area contributed by atoms with E-state index < -0.39 is 35.1 Å². The monoisotopic (exact) mass is 458 g/mol. The van der Waals surface area contributed by atoms with Crippen LogP contribution >= 0.6 is 22.9 Å². The Balaban J connectivity index is 1.80. The van der Waals surface area contributed by atoms with E-state index in [9.17, 15) is 22.8 Å². The highest BCUT2D eigenvalue weighted by Crippen LogP contribution is 2.22. The lowest BCUT2D eigenvalue weighted by atomic mass is 10.2. The molecule has 1 N–H and O–H groups in total. The van der Waals surface area contributed by atoms with Crippen LogP contribution in [0.4, 0.5) is 0 Å². The standard InChI is InChI=1S/C18H19ClN2O6S2/c1-12(22)13-3-6-15(7-4-13)29(25,26)20-9-18(24)27-11-17(23)21(2)10-14-5-8-16(19)28-14/h3-8,20H,9-11H2,1-2H3. The molecule has 1 aromatic carbocycles. The second kappa shape index (κ2) is 9.97. The van der Waals surface area contributed by atoms with Crippen LogP contribution in [0.3, 0.4) is 0 Å². The zero-order chi connectivity index (χ0) is 21.6. The second-order valence-corrected chi connectivity index (χ2v) is 9.59. The molecule has 8 nitrogen and oxygen atoms in total. The predicted octanol–water partition coefficient (Wildman–Crippen LogP) is 2.08. The first-order valence-electron chi connectivity index (χ1n) is 8.33. The minimum absolute atomic E-state index is 0.0966. The number of carbonyl (C=O) groups excluding carboxylic acids is 3. The zero-order valence-electron chi connectivity index (χ0n) is 15.7. The third-order valence-corrected chi connectivity index (χ3v) is 6.41. The van der Waals surface area contributed by atoms with Gasteiger partial charge in [0.15, 0.2) is 12.4 Å². The minimum Gasteiger partial charge on any atom is -0.455 e. The average Bonchev–Trinajstić information content (AvgIpc) is 3.09. The summed E-state index contributed by atoms with van der Waals surface area (Å²) >= 11 is 7.18. The number of hydrogen-bond acceptors (Lipinski definition) is 7. The van der Waals surface area contributed by atoms with Gasteiger partial charge in [-0.3, -0.25) is 14.4 Å². The second-order valence-electron chi connectivity index (χ2n) is 6.02. The number of sulfonamides is 1. The van der Waals surface area contributed by atoms with Gasteiger partial charge in [-0.25, -0.2) is 8.42 Å². The summed E-state index contributed by atoms with van der Waals surface area (Å²) in [6.45, 7) is 0.542. The first kappa shape index (κ1) is 23.0. The Labute approximate surface area is 177 Å². The van der Waals surface area contributed by atoms with Crippen LogP contribution in [0.25, 0.3) is 0 Å². The van der Waals surface area contributed by atoms with Gasteiger partial charge in [-0.2, -0.15) is 4.72 Å². The highest BCUT2D eigenvalue weighted by Gasteiger charge is 2.18. The van der Waals surface area contributed by atoms with Crippen molar-refractivity contribution in [1.82, 2.24) is 9.62 Å². The zero-order valence-corrected chi connectivity index (χ0v) is 18.1. The van der Waals surface area contributed by atoms with Gasteiger partial charge in [0.1, 0.15) is 6.54 Å². The molecule has 11 heteroatoms. The van der Waals surface area contributed by atoms with Gasteiger partial charge in [0.05, 0.1) is 15.8 Å². The molecule has 1 heterocycles. The van der Waals surface area contributed by atoms with Crippen molar-refractivity contribution < 1.29 is 27.5 Å². The molecule has 0 saturated heterocycles. The van der Waals surface area contributed by atoms with Crippen LogP contribution in [-0.4, -0.2) is 51.2 Å². The van der Waals surface area contributed by atoms with Crippen LogP contribution in [0, 0.1) is 0 Å². The Kier molecular flexibility index (Phi) is 7.91. The summed E-state index contributed by atoms with van der Waals surface area (Å²) in [5, 5.41) is 0. The van der Waals surface area contributed by atoms with Crippen molar-refractivity contribution in [2.45, 2.75) is 18.4 Å². The van der Waals surface area contributed by atoms with Crippen molar-refractivity contribution >= 4 is 50.6 Å². The molecule has 0 atom stereocenters. The van der Waals surface area contributed by atoms with E-state index in [-0.39, 0.29) is 10.7 Å².